The van der Waals surface area contributed by atoms with Gasteiger partial charge in [-0.1, -0.05) is 25.1 Å². The number of para-hydroxylation sites is 1. The highest BCUT2D eigenvalue weighted by molar-refractivity contribution is 6.00. The number of nitrogens with two attached hydrogens (primary N) is 1. The predicted octanol–water partition coefficient (Wildman–Crippen LogP) is 2.93. The van der Waals surface area contributed by atoms with E-state index in [1.807, 2.05) is 31.2 Å². The fraction of sp³-hybridized carbons (Fsp3) is 0.438. The Kier molecular flexibility index (Phi) is 4.93. The van der Waals surface area contributed by atoms with E-state index in [1.165, 1.54) is 0 Å². The van der Waals surface area contributed by atoms with Gasteiger partial charge < -0.3 is 14.9 Å². The van der Waals surface area contributed by atoms with Crippen molar-refractivity contribution in [3.63, 3.8) is 0 Å². The molecule has 20 heavy (non-hydrogen) atoms. The molecule has 0 bridgehead atoms. The molecule has 1 heterocycles. The number of Topliss-reactive ketones (excluding diaryl/α,β-unsaturated/α-hetero) is 1. The number of fused-ring (bicyclic) bond motifs is 1. The standard InChI is InChI=1S/C16H21NO3/c1-3-12-13-6-4-5-7-15(13)20-16(12)14(18)10-11(17)8-9-19-2/h4-7,11H,3,8-10,17H2,1-2H3. The lowest BCUT2D eigenvalue weighted by Gasteiger charge is -2.09. The minimum atomic E-state index is -0.194. The summed E-state index contributed by atoms with van der Waals surface area (Å²) < 4.78 is 10.7. The number of rotatable bonds is 7. The van der Waals surface area contributed by atoms with Crippen molar-refractivity contribution >= 4 is 16.8 Å². The summed E-state index contributed by atoms with van der Waals surface area (Å²) in [6.45, 7) is 2.59. The van der Waals surface area contributed by atoms with Crippen LogP contribution in [0.3, 0.4) is 0 Å². The van der Waals surface area contributed by atoms with Gasteiger partial charge in [-0.15, -0.1) is 0 Å². The summed E-state index contributed by atoms with van der Waals surface area (Å²) in [6.07, 6.45) is 1.73. The van der Waals surface area contributed by atoms with E-state index in [4.69, 9.17) is 14.9 Å². The number of carbonyl (C=O) groups is 1. The molecular weight excluding hydrogens is 254 g/mol. The molecule has 4 heteroatoms. The smallest absolute Gasteiger partial charge is 0.199 e. The van der Waals surface area contributed by atoms with Crippen LogP contribution in [0.4, 0.5) is 0 Å². The first-order chi connectivity index (χ1) is 9.67. The number of hydrogen-bond donors (Lipinski definition) is 1. The van der Waals surface area contributed by atoms with Crippen LogP contribution in [0, 0.1) is 0 Å². The van der Waals surface area contributed by atoms with Crippen LogP contribution in [0.5, 0.6) is 0 Å². The van der Waals surface area contributed by atoms with Gasteiger partial charge in [0.2, 0.25) is 0 Å². The van der Waals surface area contributed by atoms with Gasteiger partial charge in [-0.2, -0.15) is 0 Å². The van der Waals surface area contributed by atoms with Crippen molar-refractivity contribution in [3.05, 3.63) is 35.6 Å². The summed E-state index contributed by atoms with van der Waals surface area (Å²) in [5.74, 6) is 0.434. The van der Waals surface area contributed by atoms with Gasteiger partial charge in [0.05, 0.1) is 0 Å². The molecule has 0 amide bonds. The highest BCUT2D eigenvalue weighted by Gasteiger charge is 2.20. The van der Waals surface area contributed by atoms with Crippen molar-refractivity contribution < 1.29 is 13.9 Å². The van der Waals surface area contributed by atoms with Gasteiger partial charge in [-0.25, -0.2) is 0 Å². The maximum atomic E-state index is 12.4. The Bertz CT molecular complexity index is 588. The van der Waals surface area contributed by atoms with E-state index in [0.717, 1.165) is 23.0 Å². The van der Waals surface area contributed by atoms with Gasteiger partial charge in [-0.3, -0.25) is 4.79 Å². The number of ketones is 1. The number of aryl methyl sites for hydroxylation is 1. The predicted molar refractivity (Wildman–Crippen MR) is 79.0 cm³/mol. The van der Waals surface area contributed by atoms with Crippen molar-refractivity contribution in [1.29, 1.82) is 0 Å². The quantitative estimate of drug-likeness (QED) is 0.789. The molecule has 0 aliphatic carbocycles. The number of furan rings is 1. The zero-order chi connectivity index (χ0) is 14.5. The molecule has 2 N–H and O–H groups in total. The van der Waals surface area contributed by atoms with Gasteiger partial charge in [0.1, 0.15) is 5.58 Å². The van der Waals surface area contributed by atoms with Crippen LogP contribution < -0.4 is 5.73 Å². The highest BCUT2D eigenvalue weighted by atomic mass is 16.5. The average Bonchev–Trinajstić information content (AvgIpc) is 2.83. The molecule has 1 aromatic heterocycles. The molecule has 0 fully saturated rings. The lowest BCUT2D eigenvalue weighted by Crippen LogP contribution is -2.25. The lowest BCUT2D eigenvalue weighted by atomic mass is 10.0. The third-order valence-electron chi connectivity index (χ3n) is 3.45. The third-order valence-corrected chi connectivity index (χ3v) is 3.45. The molecular formula is C16H21NO3. The average molecular weight is 275 g/mol. The van der Waals surface area contributed by atoms with Gasteiger partial charge in [0.15, 0.2) is 11.5 Å². The van der Waals surface area contributed by atoms with Crippen LogP contribution in [0.2, 0.25) is 0 Å². The Balaban J connectivity index is 2.21. The first-order valence-corrected chi connectivity index (χ1v) is 6.95. The van der Waals surface area contributed by atoms with E-state index in [0.29, 0.717) is 18.8 Å². The van der Waals surface area contributed by atoms with Crippen LogP contribution in [0.15, 0.2) is 28.7 Å². The van der Waals surface area contributed by atoms with Crippen LogP contribution >= 0.6 is 0 Å². The van der Waals surface area contributed by atoms with Crippen LogP contribution in [-0.4, -0.2) is 25.5 Å². The van der Waals surface area contributed by atoms with Crippen LogP contribution in [-0.2, 0) is 11.2 Å². The zero-order valence-electron chi connectivity index (χ0n) is 12.0. The van der Waals surface area contributed by atoms with Gasteiger partial charge in [-0.05, 0) is 18.9 Å². The van der Waals surface area contributed by atoms with Crippen LogP contribution in [0.1, 0.15) is 35.9 Å². The largest absolute Gasteiger partial charge is 0.453 e. The normalized spacial score (nSPS) is 12.8. The minimum Gasteiger partial charge on any atom is -0.453 e. The molecule has 0 spiro atoms. The van der Waals surface area contributed by atoms with Crippen molar-refractivity contribution in [2.24, 2.45) is 5.73 Å². The van der Waals surface area contributed by atoms with Crippen molar-refractivity contribution in [3.8, 4) is 0 Å². The number of carbonyl (C=O) groups excluding carboxylic acids is 1. The van der Waals surface area contributed by atoms with E-state index >= 15 is 0 Å². The first-order valence-electron chi connectivity index (χ1n) is 6.95. The molecule has 1 atom stereocenters. The highest BCUT2D eigenvalue weighted by Crippen LogP contribution is 2.27. The minimum absolute atomic E-state index is 0.0262. The van der Waals surface area contributed by atoms with Gasteiger partial charge in [0, 0.05) is 37.1 Å². The van der Waals surface area contributed by atoms with E-state index in [2.05, 4.69) is 0 Å². The first kappa shape index (κ1) is 14.8. The number of ether oxygens (including phenoxy) is 1. The lowest BCUT2D eigenvalue weighted by molar-refractivity contribution is 0.0941. The second kappa shape index (κ2) is 6.68. The summed E-state index contributed by atoms with van der Waals surface area (Å²) in [6, 6.07) is 7.54. The van der Waals surface area contributed by atoms with Crippen molar-refractivity contribution in [2.75, 3.05) is 13.7 Å². The fourth-order valence-corrected chi connectivity index (χ4v) is 2.38. The summed E-state index contributed by atoms with van der Waals surface area (Å²) in [7, 11) is 1.63. The van der Waals surface area contributed by atoms with E-state index in [-0.39, 0.29) is 18.2 Å². The molecule has 0 saturated heterocycles. The maximum absolute atomic E-state index is 12.4. The molecule has 0 radical (unpaired) electrons. The topological polar surface area (TPSA) is 65.5 Å². The van der Waals surface area contributed by atoms with Crippen LogP contribution in [0.25, 0.3) is 11.0 Å². The van der Waals surface area contributed by atoms with Gasteiger partial charge in [0.25, 0.3) is 0 Å². The third kappa shape index (κ3) is 3.08. The second-order valence-electron chi connectivity index (χ2n) is 4.93. The number of benzene rings is 1. The molecule has 0 saturated carbocycles. The Morgan fingerprint density at radius 2 is 2.15 bits per heavy atom. The second-order valence-corrected chi connectivity index (χ2v) is 4.93. The molecule has 1 aromatic carbocycles. The SMILES string of the molecule is CCc1c(C(=O)CC(N)CCOC)oc2ccccc12. The number of methoxy groups -OCH3 is 1. The Morgan fingerprint density at radius 3 is 2.85 bits per heavy atom. The van der Waals surface area contributed by atoms with E-state index in [9.17, 15) is 4.79 Å². The molecule has 0 aliphatic rings. The van der Waals surface area contributed by atoms with Gasteiger partial charge >= 0.3 is 0 Å². The molecule has 0 aliphatic heterocycles. The monoisotopic (exact) mass is 275 g/mol. The Labute approximate surface area is 118 Å². The van der Waals surface area contributed by atoms with Crippen molar-refractivity contribution in [1.82, 2.24) is 0 Å². The number of hydrogen-bond acceptors (Lipinski definition) is 4. The summed E-state index contributed by atoms with van der Waals surface area (Å²) in [5.41, 5.74) is 7.68. The zero-order valence-corrected chi connectivity index (χ0v) is 12.0. The molecule has 1 unspecified atom stereocenters. The summed E-state index contributed by atoms with van der Waals surface area (Å²) in [4.78, 5) is 12.4. The molecule has 2 rings (SSSR count). The Morgan fingerprint density at radius 1 is 1.40 bits per heavy atom. The van der Waals surface area contributed by atoms with E-state index < -0.39 is 0 Å². The molecule has 4 nitrogen and oxygen atoms in total. The fourth-order valence-electron chi connectivity index (χ4n) is 2.38. The molecule has 108 valence electrons. The summed E-state index contributed by atoms with van der Waals surface area (Å²) >= 11 is 0. The van der Waals surface area contributed by atoms with Crippen molar-refractivity contribution in [2.45, 2.75) is 32.2 Å². The maximum Gasteiger partial charge on any atom is 0.199 e. The summed E-state index contributed by atoms with van der Waals surface area (Å²) in [5, 5.41) is 1.02. The van der Waals surface area contributed by atoms with E-state index in [1.54, 1.807) is 7.11 Å². The molecule has 2 aromatic rings. The Hall–Kier alpha value is -1.65.